The quantitative estimate of drug-likeness (QED) is 0.694. The van der Waals surface area contributed by atoms with Gasteiger partial charge in [-0.25, -0.2) is 9.97 Å². The topological polar surface area (TPSA) is 67.3 Å². The fourth-order valence-electron chi connectivity index (χ4n) is 3.56. The molecule has 0 unspecified atom stereocenters. The standard InChI is InChI=1S/C24H26N4O2/c1-17-25-16-22(23(26-17)18-6-4-3-5-7-18)24(29)27-19-8-10-20(11-9-19)30-21-12-14-28(2)15-13-21/h3-11,16,21H,12-15H2,1-2H3,(H,27,29). The minimum absolute atomic E-state index is 0.238. The highest BCUT2D eigenvalue weighted by Crippen LogP contribution is 2.24. The van der Waals surface area contributed by atoms with Crippen LogP contribution in [-0.2, 0) is 0 Å². The number of aromatic nitrogens is 2. The largest absolute Gasteiger partial charge is 0.490 e. The molecule has 1 saturated heterocycles. The monoisotopic (exact) mass is 402 g/mol. The third-order valence-electron chi connectivity index (χ3n) is 5.28. The van der Waals surface area contributed by atoms with Crippen LogP contribution in [0.1, 0.15) is 29.0 Å². The molecule has 6 heteroatoms. The number of hydrogen-bond acceptors (Lipinski definition) is 5. The molecule has 1 amide bonds. The smallest absolute Gasteiger partial charge is 0.259 e. The highest BCUT2D eigenvalue weighted by Gasteiger charge is 2.18. The van der Waals surface area contributed by atoms with Crippen molar-refractivity contribution in [2.75, 3.05) is 25.5 Å². The number of likely N-dealkylation sites (tertiary alicyclic amines) is 1. The van der Waals surface area contributed by atoms with Gasteiger partial charge in [0.1, 0.15) is 17.7 Å². The van der Waals surface area contributed by atoms with Crippen LogP contribution in [0.5, 0.6) is 5.75 Å². The summed E-state index contributed by atoms with van der Waals surface area (Å²) in [6.07, 6.45) is 3.90. The minimum Gasteiger partial charge on any atom is -0.490 e. The van der Waals surface area contributed by atoms with Crippen molar-refractivity contribution in [1.29, 1.82) is 0 Å². The van der Waals surface area contributed by atoms with Gasteiger partial charge >= 0.3 is 0 Å². The molecule has 30 heavy (non-hydrogen) atoms. The Morgan fingerprint density at radius 2 is 1.77 bits per heavy atom. The lowest BCUT2D eigenvalue weighted by Crippen LogP contribution is -2.35. The van der Waals surface area contributed by atoms with Gasteiger partial charge in [0.05, 0.1) is 11.3 Å². The van der Waals surface area contributed by atoms with Crippen LogP contribution < -0.4 is 10.1 Å². The third-order valence-corrected chi connectivity index (χ3v) is 5.28. The Morgan fingerprint density at radius 1 is 1.07 bits per heavy atom. The SMILES string of the molecule is Cc1ncc(C(=O)Nc2ccc(OC3CCN(C)CC3)cc2)c(-c2ccccc2)n1. The maximum Gasteiger partial charge on any atom is 0.259 e. The maximum absolute atomic E-state index is 12.9. The van der Waals surface area contributed by atoms with Gasteiger partial charge in [-0.3, -0.25) is 4.79 Å². The average molecular weight is 402 g/mol. The van der Waals surface area contributed by atoms with Gasteiger partial charge in [0, 0.05) is 30.5 Å². The zero-order chi connectivity index (χ0) is 20.9. The van der Waals surface area contributed by atoms with Crippen LogP contribution in [0.2, 0.25) is 0 Å². The molecule has 1 aromatic heterocycles. The third kappa shape index (κ3) is 4.83. The number of carbonyl (C=O) groups is 1. The van der Waals surface area contributed by atoms with Crippen molar-refractivity contribution in [1.82, 2.24) is 14.9 Å². The van der Waals surface area contributed by atoms with Gasteiger partial charge in [-0.2, -0.15) is 0 Å². The number of hydrogen-bond donors (Lipinski definition) is 1. The number of aryl methyl sites for hydroxylation is 1. The molecule has 1 N–H and O–H groups in total. The summed E-state index contributed by atoms with van der Waals surface area (Å²) in [6, 6.07) is 17.2. The van der Waals surface area contributed by atoms with Crippen LogP contribution in [0.15, 0.2) is 60.8 Å². The van der Waals surface area contributed by atoms with E-state index in [9.17, 15) is 4.79 Å². The first-order chi connectivity index (χ1) is 14.6. The maximum atomic E-state index is 12.9. The van der Waals surface area contributed by atoms with E-state index in [1.807, 2.05) is 61.5 Å². The normalized spacial score (nSPS) is 15.0. The number of rotatable bonds is 5. The van der Waals surface area contributed by atoms with Crippen LogP contribution in [0, 0.1) is 6.92 Å². The van der Waals surface area contributed by atoms with Crippen molar-refractivity contribution in [3.63, 3.8) is 0 Å². The van der Waals surface area contributed by atoms with E-state index < -0.39 is 0 Å². The molecule has 4 rings (SSSR count). The molecule has 1 fully saturated rings. The van der Waals surface area contributed by atoms with E-state index in [2.05, 4.69) is 27.2 Å². The van der Waals surface area contributed by atoms with Crippen molar-refractivity contribution >= 4 is 11.6 Å². The Bertz CT molecular complexity index is 997. The molecule has 0 saturated carbocycles. The molecular weight excluding hydrogens is 376 g/mol. The van der Waals surface area contributed by atoms with E-state index in [0.29, 0.717) is 22.8 Å². The van der Waals surface area contributed by atoms with E-state index >= 15 is 0 Å². The van der Waals surface area contributed by atoms with Crippen LogP contribution in [0.3, 0.4) is 0 Å². The van der Waals surface area contributed by atoms with Crippen molar-refractivity contribution in [2.24, 2.45) is 0 Å². The molecule has 0 aliphatic carbocycles. The van der Waals surface area contributed by atoms with Crippen molar-refractivity contribution in [3.05, 3.63) is 72.2 Å². The number of benzene rings is 2. The van der Waals surface area contributed by atoms with Crippen LogP contribution in [-0.4, -0.2) is 47.0 Å². The summed E-state index contributed by atoms with van der Waals surface area (Å²) in [4.78, 5) is 24.0. The molecule has 2 heterocycles. The van der Waals surface area contributed by atoms with E-state index in [1.165, 1.54) is 0 Å². The lowest BCUT2D eigenvalue weighted by Gasteiger charge is -2.29. The highest BCUT2D eigenvalue weighted by atomic mass is 16.5. The lowest BCUT2D eigenvalue weighted by molar-refractivity contribution is 0.102. The zero-order valence-electron chi connectivity index (χ0n) is 17.3. The minimum atomic E-state index is -0.238. The van der Waals surface area contributed by atoms with Gasteiger partial charge < -0.3 is 15.0 Å². The number of nitrogens with zero attached hydrogens (tertiary/aromatic N) is 3. The summed E-state index contributed by atoms with van der Waals surface area (Å²) in [5.74, 6) is 1.21. The second-order valence-electron chi connectivity index (χ2n) is 7.64. The Kier molecular flexibility index (Phi) is 6.05. The number of amides is 1. The Labute approximate surface area is 176 Å². The molecular formula is C24H26N4O2. The van der Waals surface area contributed by atoms with Crippen LogP contribution >= 0.6 is 0 Å². The van der Waals surface area contributed by atoms with E-state index in [0.717, 1.165) is 37.2 Å². The van der Waals surface area contributed by atoms with Gasteiger partial charge in [-0.15, -0.1) is 0 Å². The first-order valence-corrected chi connectivity index (χ1v) is 10.2. The zero-order valence-corrected chi connectivity index (χ0v) is 17.3. The predicted molar refractivity (Wildman–Crippen MR) is 118 cm³/mol. The van der Waals surface area contributed by atoms with Crippen molar-refractivity contribution < 1.29 is 9.53 Å². The van der Waals surface area contributed by atoms with E-state index in [4.69, 9.17) is 4.74 Å². The van der Waals surface area contributed by atoms with Gasteiger partial charge in [0.15, 0.2) is 0 Å². The van der Waals surface area contributed by atoms with E-state index in [1.54, 1.807) is 6.20 Å². The summed E-state index contributed by atoms with van der Waals surface area (Å²) in [7, 11) is 2.13. The summed E-state index contributed by atoms with van der Waals surface area (Å²) >= 11 is 0. The molecule has 154 valence electrons. The molecule has 1 aliphatic rings. The molecule has 0 bridgehead atoms. The van der Waals surface area contributed by atoms with Gasteiger partial charge in [-0.1, -0.05) is 30.3 Å². The highest BCUT2D eigenvalue weighted by molar-refractivity contribution is 6.07. The second kappa shape index (κ2) is 9.05. The number of piperidine rings is 1. The lowest BCUT2D eigenvalue weighted by atomic mass is 10.1. The van der Waals surface area contributed by atoms with Gasteiger partial charge in [0.2, 0.25) is 0 Å². The first-order valence-electron chi connectivity index (χ1n) is 10.2. The average Bonchev–Trinajstić information content (AvgIpc) is 2.77. The fourth-order valence-corrected chi connectivity index (χ4v) is 3.56. The molecule has 0 spiro atoms. The number of anilines is 1. The molecule has 3 aromatic rings. The van der Waals surface area contributed by atoms with Gasteiger partial charge in [0.25, 0.3) is 5.91 Å². The first kappa shape index (κ1) is 20.0. The number of ether oxygens (including phenoxy) is 1. The summed E-state index contributed by atoms with van der Waals surface area (Å²) in [6.45, 7) is 3.93. The molecule has 0 atom stereocenters. The fraction of sp³-hybridized carbons (Fsp3) is 0.292. The number of nitrogens with one attached hydrogen (secondary N) is 1. The van der Waals surface area contributed by atoms with E-state index in [-0.39, 0.29) is 12.0 Å². The van der Waals surface area contributed by atoms with Gasteiger partial charge in [-0.05, 0) is 51.1 Å². The molecule has 0 radical (unpaired) electrons. The predicted octanol–water partition coefficient (Wildman–Crippen LogP) is 4.18. The van der Waals surface area contributed by atoms with Crippen molar-refractivity contribution in [2.45, 2.75) is 25.9 Å². The molecule has 1 aliphatic heterocycles. The summed E-state index contributed by atoms with van der Waals surface area (Å²) in [5.41, 5.74) is 2.66. The molecule has 6 nitrogen and oxygen atoms in total. The molecule has 2 aromatic carbocycles. The second-order valence-corrected chi connectivity index (χ2v) is 7.64. The summed E-state index contributed by atoms with van der Waals surface area (Å²) in [5, 5.41) is 2.94. The Balaban J connectivity index is 1.46. The summed E-state index contributed by atoms with van der Waals surface area (Å²) < 4.78 is 6.08. The van der Waals surface area contributed by atoms with Crippen LogP contribution in [0.25, 0.3) is 11.3 Å². The van der Waals surface area contributed by atoms with Crippen molar-refractivity contribution in [3.8, 4) is 17.0 Å². The Morgan fingerprint density at radius 3 is 2.47 bits per heavy atom. The Hall–Kier alpha value is -3.25. The van der Waals surface area contributed by atoms with Crippen LogP contribution in [0.4, 0.5) is 5.69 Å². The number of carbonyl (C=O) groups excluding carboxylic acids is 1.